The Hall–Kier alpha value is -1.74. The first-order valence-corrected chi connectivity index (χ1v) is 6.81. The van der Waals surface area contributed by atoms with Gasteiger partial charge in [0.05, 0.1) is 5.52 Å². The molecule has 0 bridgehead atoms. The molecule has 0 unspecified atom stereocenters. The lowest BCUT2D eigenvalue weighted by molar-refractivity contribution is 0.0116. The average molecular weight is 255 g/mol. The number of fused-ring (bicyclic) bond motifs is 1. The molecule has 0 atom stereocenters. The van der Waals surface area contributed by atoms with Crippen LogP contribution in [0.3, 0.4) is 0 Å². The Balaban J connectivity index is 1.97. The monoisotopic (exact) mass is 255 g/mol. The fraction of sp³-hybridized carbons (Fsp3) is 0.375. The second kappa shape index (κ2) is 4.74. The summed E-state index contributed by atoms with van der Waals surface area (Å²) in [5, 5.41) is 11.4. The van der Waals surface area contributed by atoms with Gasteiger partial charge >= 0.3 is 0 Å². The highest BCUT2D eigenvalue weighted by Gasteiger charge is 2.37. The predicted octanol–water partition coefficient (Wildman–Crippen LogP) is 3.11. The van der Waals surface area contributed by atoms with Crippen molar-refractivity contribution in [3.8, 4) is 0 Å². The van der Waals surface area contributed by atoms with Crippen LogP contribution in [0, 0.1) is 0 Å². The zero-order valence-corrected chi connectivity index (χ0v) is 10.8. The van der Waals surface area contributed by atoms with E-state index < -0.39 is 5.60 Å². The number of aromatic nitrogens is 1. The molecule has 0 radical (unpaired) electrons. The van der Waals surface area contributed by atoms with E-state index in [2.05, 4.69) is 4.98 Å². The molecule has 0 spiro atoms. The number of rotatable bonds is 2. The van der Waals surface area contributed by atoms with Crippen molar-refractivity contribution in [1.82, 2.24) is 4.98 Å². The molecular weight excluding hydrogens is 238 g/mol. The number of aliphatic hydroxyl groups is 1. The Bertz CT molecular complexity index is 615. The summed E-state index contributed by atoms with van der Waals surface area (Å²) < 4.78 is 0. The van der Waals surface area contributed by atoms with Crippen LogP contribution in [-0.2, 0) is 0 Å². The van der Waals surface area contributed by atoms with Gasteiger partial charge in [-0.2, -0.15) is 0 Å². The molecule has 0 saturated heterocycles. The Kier molecular flexibility index (Phi) is 3.07. The summed E-state index contributed by atoms with van der Waals surface area (Å²) >= 11 is 0. The molecule has 1 aromatic heterocycles. The molecule has 3 rings (SSSR count). The molecule has 3 nitrogen and oxygen atoms in total. The maximum atomic E-state index is 12.5. The highest BCUT2D eigenvalue weighted by atomic mass is 16.3. The number of pyridine rings is 1. The largest absolute Gasteiger partial charge is 0.382 e. The van der Waals surface area contributed by atoms with Gasteiger partial charge in [0.25, 0.3) is 0 Å². The van der Waals surface area contributed by atoms with Gasteiger partial charge in [0, 0.05) is 17.1 Å². The quantitative estimate of drug-likeness (QED) is 0.839. The molecule has 0 amide bonds. The van der Waals surface area contributed by atoms with E-state index in [4.69, 9.17) is 0 Å². The molecule has 1 aliphatic carbocycles. The molecule has 19 heavy (non-hydrogen) atoms. The fourth-order valence-electron chi connectivity index (χ4n) is 2.85. The van der Waals surface area contributed by atoms with Crippen LogP contribution < -0.4 is 0 Å². The summed E-state index contributed by atoms with van der Waals surface area (Å²) in [5.41, 5.74) is 0.299. The number of ketones is 1. The lowest BCUT2D eigenvalue weighted by Gasteiger charge is -2.30. The first-order chi connectivity index (χ1) is 9.19. The van der Waals surface area contributed by atoms with E-state index in [9.17, 15) is 9.90 Å². The van der Waals surface area contributed by atoms with Crippen molar-refractivity contribution in [3.05, 3.63) is 42.1 Å². The number of hydrogen-bond acceptors (Lipinski definition) is 3. The van der Waals surface area contributed by atoms with Crippen molar-refractivity contribution in [2.45, 2.75) is 37.7 Å². The third-order valence-electron chi connectivity index (χ3n) is 3.97. The van der Waals surface area contributed by atoms with Gasteiger partial charge < -0.3 is 5.11 Å². The molecule has 2 aromatic rings. The second-order valence-electron chi connectivity index (χ2n) is 5.33. The maximum absolute atomic E-state index is 12.5. The summed E-state index contributed by atoms with van der Waals surface area (Å²) in [6.07, 6.45) is 5.86. The Morgan fingerprint density at radius 3 is 2.74 bits per heavy atom. The van der Waals surface area contributed by atoms with Gasteiger partial charge in [-0.25, -0.2) is 0 Å². The molecule has 1 aromatic carbocycles. The lowest BCUT2D eigenvalue weighted by Crippen LogP contribution is -2.40. The fourth-order valence-corrected chi connectivity index (χ4v) is 2.85. The average Bonchev–Trinajstić information content (AvgIpc) is 2.47. The van der Waals surface area contributed by atoms with Gasteiger partial charge in [0.2, 0.25) is 0 Å². The van der Waals surface area contributed by atoms with Crippen molar-refractivity contribution in [2.75, 3.05) is 0 Å². The van der Waals surface area contributed by atoms with Gasteiger partial charge in [-0.3, -0.25) is 9.78 Å². The number of carbonyl (C=O) groups excluding carboxylic acids is 1. The SMILES string of the molecule is O=C(c1ccc2ncccc2c1)C1(O)CCCCC1. The summed E-state index contributed by atoms with van der Waals surface area (Å²) in [6.45, 7) is 0. The number of carbonyl (C=O) groups is 1. The normalized spacial score (nSPS) is 18.4. The molecule has 0 aliphatic heterocycles. The zero-order valence-electron chi connectivity index (χ0n) is 10.8. The number of Topliss-reactive ketones (excluding diaryl/α,β-unsaturated/α-hetero) is 1. The Morgan fingerprint density at radius 1 is 1.16 bits per heavy atom. The molecular formula is C16H17NO2. The summed E-state index contributed by atoms with van der Waals surface area (Å²) in [4.78, 5) is 16.7. The summed E-state index contributed by atoms with van der Waals surface area (Å²) in [7, 11) is 0. The molecule has 1 aliphatic rings. The Morgan fingerprint density at radius 2 is 1.95 bits per heavy atom. The van der Waals surface area contributed by atoms with Crippen molar-refractivity contribution in [2.24, 2.45) is 0 Å². The van der Waals surface area contributed by atoms with Crippen molar-refractivity contribution in [1.29, 1.82) is 0 Å². The van der Waals surface area contributed by atoms with Gasteiger partial charge in [0.15, 0.2) is 5.78 Å². The lowest BCUT2D eigenvalue weighted by atomic mass is 9.79. The van der Waals surface area contributed by atoms with Crippen LogP contribution in [0.5, 0.6) is 0 Å². The molecule has 1 heterocycles. The van der Waals surface area contributed by atoms with Gasteiger partial charge in [-0.15, -0.1) is 0 Å². The number of benzene rings is 1. The molecule has 1 saturated carbocycles. The van der Waals surface area contributed by atoms with Gasteiger partial charge in [-0.1, -0.05) is 25.3 Å². The minimum atomic E-state index is -1.16. The van der Waals surface area contributed by atoms with Gasteiger partial charge in [0.1, 0.15) is 5.60 Å². The van der Waals surface area contributed by atoms with Crippen molar-refractivity contribution in [3.63, 3.8) is 0 Å². The van der Waals surface area contributed by atoms with Crippen LogP contribution in [0.1, 0.15) is 42.5 Å². The van der Waals surface area contributed by atoms with E-state index >= 15 is 0 Å². The minimum absolute atomic E-state index is 0.141. The van der Waals surface area contributed by atoms with E-state index in [1.54, 1.807) is 12.3 Å². The second-order valence-corrected chi connectivity index (χ2v) is 5.33. The standard InChI is InChI=1S/C16H17NO2/c18-15(16(19)8-2-1-3-9-16)13-6-7-14-12(11-13)5-4-10-17-14/h4-7,10-11,19H,1-3,8-9H2. The highest BCUT2D eigenvalue weighted by Crippen LogP contribution is 2.31. The van der Waals surface area contributed by atoms with E-state index in [1.807, 2.05) is 24.3 Å². The zero-order chi connectivity index (χ0) is 13.3. The van der Waals surface area contributed by atoms with Crippen molar-refractivity contribution >= 4 is 16.7 Å². The number of hydrogen-bond donors (Lipinski definition) is 1. The first kappa shape index (κ1) is 12.3. The van der Waals surface area contributed by atoms with Gasteiger partial charge in [-0.05, 0) is 37.1 Å². The van der Waals surface area contributed by atoms with Crippen LogP contribution in [0.2, 0.25) is 0 Å². The van der Waals surface area contributed by atoms with E-state index in [1.165, 1.54) is 0 Å². The molecule has 1 fully saturated rings. The minimum Gasteiger partial charge on any atom is -0.382 e. The third kappa shape index (κ3) is 2.26. The van der Waals surface area contributed by atoms with Crippen LogP contribution in [0.15, 0.2) is 36.5 Å². The summed E-state index contributed by atoms with van der Waals surface area (Å²) in [6, 6.07) is 9.23. The van der Waals surface area contributed by atoms with Crippen LogP contribution in [0.25, 0.3) is 10.9 Å². The first-order valence-electron chi connectivity index (χ1n) is 6.81. The summed E-state index contributed by atoms with van der Waals surface area (Å²) in [5.74, 6) is -0.141. The topological polar surface area (TPSA) is 50.2 Å². The van der Waals surface area contributed by atoms with Crippen LogP contribution >= 0.6 is 0 Å². The van der Waals surface area contributed by atoms with Crippen LogP contribution in [0.4, 0.5) is 0 Å². The third-order valence-corrected chi connectivity index (χ3v) is 3.97. The molecule has 98 valence electrons. The number of nitrogens with zero attached hydrogens (tertiary/aromatic N) is 1. The molecule has 3 heteroatoms. The van der Waals surface area contributed by atoms with E-state index in [-0.39, 0.29) is 5.78 Å². The van der Waals surface area contributed by atoms with E-state index in [0.717, 1.165) is 30.2 Å². The van der Waals surface area contributed by atoms with Crippen molar-refractivity contribution < 1.29 is 9.90 Å². The smallest absolute Gasteiger partial charge is 0.194 e. The molecule has 1 N–H and O–H groups in total. The predicted molar refractivity (Wildman–Crippen MR) is 74.1 cm³/mol. The van der Waals surface area contributed by atoms with Crippen LogP contribution in [-0.4, -0.2) is 21.5 Å². The highest BCUT2D eigenvalue weighted by molar-refractivity contribution is 6.04. The maximum Gasteiger partial charge on any atom is 0.194 e. The Labute approximate surface area is 112 Å². The van der Waals surface area contributed by atoms with E-state index in [0.29, 0.717) is 18.4 Å².